The van der Waals surface area contributed by atoms with Crippen LogP contribution in [-0.4, -0.2) is 0 Å². The van der Waals surface area contributed by atoms with Crippen LogP contribution >= 0.6 is 0 Å². The largest absolute Gasteiger partial charge is 0.0958 e. The zero-order valence-electron chi connectivity index (χ0n) is 17.5. The predicted octanol–water partition coefficient (Wildman–Crippen LogP) is 7.80. The minimum Gasteiger partial charge on any atom is -0.0958 e. The molecule has 2 saturated carbocycles. The van der Waals surface area contributed by atoms with E-state index >= 15 is 0 Å². The molecule has 134 valence electrons. The Labute approximate surface area is 146 Å². The van der Waals surface area contributed by atoms with Gasteiger partial charge in [0.15, 0.2) is 0 Å². The molecule has 0 saturated heterocycles. The molecule has 0 heterocycles. The maximum Gasteiger partial charge on any atom is -0.00547 e. The summed E-state index contributed by atoms with van der Waals surface area (Å²) in [5.41, 5.74) is 4.13. The van der Waals surface area contributed by atoms with E-state index in [4.69, 9.17) is 0 Å². The third-order valence-corrected chi connectivity index (χ3v) is 6.91. The van der Waals surface area contributed by atoms with Crippen molar-refractivity contribution in [2.75, 3.05) is 0 Å². The number of fused-ring (bicyclic) bond motifs is 1. The Morgan fingerprint density at radius 3 is 2.00 bits per heavy atom. The first-order chi connectivity index (χ1) is 10.6. The summed E-state index contributed by atoms with van der Waals surface area (Å²) >= 11 is 0. The Kier molecular flexibility index (Phi) is 6.39. The molecule has 0 aromatic rings. The molecule has 2 rings (SSSR count). The van der Waals surface area contributed by atoms with E-state index in [-0.39, 0.29) is 0 Å². The second-order valence-electron chi connectivity index (χ2n) is 9.39. The van der Waals surface area contributed by atoms with Crippen molar-refractivity contribution in [3.8, 4) is 0 Å². The van der Waals surface area contributed by atoms with E-state index in [2.05, 4.69) is 61.1 Å². The van der Waals surface area contributed by atoms with Crippen molar-refractivity contribution >= 4 is 0 Å². The Morgan fingerprint density at radius 1 is 0.957 bits per heavy atom. The summed E-state index contributed by atoms with van der Waals surface area (Å²) in [5, 5.41) is 0. The lowest BCUT2D eigenvalue weighted by molar-refractivity contribution is -0.108. The van der Waals surface area contributed by atoms with Crippen LogP contribution in [-0.2, 0) is 0 Å². The van der Waals surface area contributed by atoms with Crippen LogP contribution in [0.2, 0.25) is 0 Å². The van der Waals surface area contributed by atoms with Gasteiger partial charge in [-0.05, 0) is 73.2 Å². The minimum absolute atomic E-state index is 0.388. The van der Waals surface area contributed by atoms with Crippen molar-refractivity contribution in [1.82, 2.24) is 0 Å². The lowest BCUT2D eigenvalue weighted by atomic mass is 9.42. The average molecular weight is 319 g/mol. The molecule has 0 amide bonds. The second-order valence-corrected chi connectivity index (χ2v) is 9.39. The SMILES string of the molecule is C=C(C)/C(=C\C)[C@H]1C(C)(C)CCC2C(C)(C)CCC[C@@]21C.CC. The van der Waals surface area contributed by atoms with Crippen molar-refractivity contribution in [2.24, 2.45) is 28.1 Å². The van der Waals surface area contributed by atoms with Crippen LogP contribution in [0.5, 0.6) is 0 Å². The Balaban J connectivity index is 0.00000127. The normalized spacial score (nSPS) is 35.6. The van der Waals surface area contributed by atoms with Gasteiger partial charge in [-0.3, -0.25) is 0 Å². The smallest absolute Gasteiger partial charge is 0.00547 e. The topological polar surface area (TPSA) is 0 Å². The van der Waals surface area contributed by atoms with Gasteiger partial charge in [-0.2, -0.15) is 0 Å². The molecule has 0 aromatic heterocycles. The minimum atomic E-state index is 0.388. The summed E-state index contributed by atoms with van der Waals surface area (Å²) in [6, 6.07) is 0. The molecule has 0 heteroatoms. The van der Waals surface area contributed by atoms with Gasteiger partial charge in [0.25, 0.3) is 0 Å². The van der Waals surface area contributed by atoms with Crippen LogP contribution in [0.4, 0.5) is 0 Å². The van der Waals surface area contributed by atoms with Gasteiger partial charge >= 0.3 is 0 Å². The predicted molar refractivity (Wildman–Crippen MR) is 106 cm³/mol. The molecule has 3 atom stereocenters. The van der Waals surface area contributed by atoms with Gasteiger partial charge in [-0.1, -0.05) is 73.1 Å². The highest BCUT2D eigenvalue weighted by Gasteiger charge is 2.57. The highest BCUT2D eigenvalue weighted by atomic mass is 14.6. The van der Waals surface area contributed by atoms with Crippen molar-refractivity contribution in [3.63, 3.8) is 0 Å². The highest BCUT2D eigenvalue weighted by Crippen LogP contribution is 2.66. The molecule has 1 unspecified atom stereocenters. The standard InChI is InChI=1S/C21H36.C2H6/c1-9-16(15(2)3)18-20(6,7)14-11-17-19(4,5)12-10-13-21(17,18)8;1-2/h9,17-18H,2,10-14H2,1,3-8H3;1-2H3/b16-9+;/t17?,18-,21-;/m0./s1. The number of allylic oxidation sites excluding steroid dienone is 3. The molecule has 0 bridgehead atoms. The first kappa shape index (κ1) is 20.5. The fourth-order valence-electron chi connectivity index (χ4n) is 6.22. The van der Waals surface area contributed by atoms with Crippen LogP contribution in [0.3, 0.4) is 0 Å². The van der Waals surface area contributed by atoms with Crippen LogP contribution in [0.1, 0.15) is 94.4 Å². The number of rotatable bonds is 2. The fraction of sp³-hybridized carbons (Fsp3) is 0.826. The van der Waals surface area contributed by atoms with Crippen molar-refractivity contribution < 1.29 is 0 Å². The van der Waals surface area contributed by atoms with Crippen molar-refractivity contribution in [3.05, 3.63) is 23.8 Å². The van der Waals surface area contributed by atoms with E-state index in [9.17, 15) is 0 Å². The third-order valence-electron chi connectivity index (χ3n) is 6.91. The first-order valence-electron chi connectivity index (χ1n) is 9.88. The Morgan fingerprint density at radius 2 is 1.52 bits per heavy atom. The molecule has 0 aliphatic heterocycles. The maximum atomic E-state index is 4.30. The lowest BCUT2D eigenvalue weighted by Crippen LogP contribution is -2.54. The van der Waals surface area contributed by atoms with E-state index in [1.807, 2.05) is 13.8 Å². The molecular formula is C23H42. The average Bonchev–Trinajstić information content (AvgIpc) is 2.43. The quantitative estimate of drug-likeness (QED) is 0.455. The maximum absolute atomic E-state index is 4.30. The van der Waals surface area contributed by atoms with Gasteiger partial charge in [0.05, 0.1) is 0 Å². The molecular weight excluding hydrogens is 276 g/mol. The van der Waals surface area contributed by atoms with Gasteiger partial charge in [0.2, 0.25) is 0 Å². The molecule has 0 radical (unpaired) electrons. The van der Waals surface area contributed by atoms with Crippen LogP contribution in [0.15, 0.2) is 23.8 Å². The van der Waals surface area contributed by atoms with Gasteiger partial charge in [0, 0.05) is 0 Å². The lowest BCUT2D eigenvalue weighted by Gasteiger charge is -2.62. The van der Waals surface area contributed by atoms with E-state index < -0.39 is 0 Å². The van der Waals surface area contributed by atoms with Gasteiger partial charge < -0.3 is 0 Å². The zero-order chi connectivity index (χ0) is 18.1. The molecule has 0 N–H and O–H groups in total. The van der Waals surface area contributed by atoms with Crippen molar-refractivity contribution in [1.29, 1.82) is 0 Å². The zero-order valence-corrected chi connectivity index (χ0v) is 17.5. The van der Waals surface area contributed by atoms with Crippen LogP contribution in [0.25, 0.3) is 0 Å². The van der Waals surface area contributed by atoms with E-state index in [0.717, 1.165) is 5.92 Å². The second kappa shape index (κ2) is 7.16. The van der Waals surface area contributed by atoms with Crippen molar-refractivity contribution in [2.45, 2.75) is 94.4 Å². The van der Waals surface area contributed by atoms with E-state index in [1.54, 1.807) is 0 Å². The molecule has 0 nitrogen and oxygen atoms in total. The Hall–Kier alpha value is -0.520. The fourth-order valence-corrected chi connectivity index (χ4v) is 6.22. The summed E-state index contributed by atoms with van der Waals surface area (Å²) in [4.78, 5) is 0. The molecule has 2 aliphatic carbocycles. The van der Waals surface area contributed by atoms with E-state index in [1.165, 1.54) is 43.3 Å². The third kappa shape index (κ3) is 3.62. The molecule has 23 heavy (non-hydrogen) atoms. The summed E-state index contributed by atoms with van der Waals surface area (Å²) in [7, 11) is 0. The monoisotopic (exact) mass is 318 g/mol. The molecule has 0 spiro atoms. The highest BCUT2D eigenvalue weighted by molar-refractivity contribution is 5.33. The summed E-state index contributed by atoms with van der Waals surface area (Å²) in [6.07, 6.45) is 9.29. The number of hydrogen-bond donors (Lipinski definition) is 0. The molecule has 0 aromatic carbocycles. The van der Waals surface area contributed by atoms with Gasteiger partial charge in [-0.25, -0.2) is 0 Å². The van der Waals surface area contributed by atoms with Gasteiger partial charge in [0.1, 0.15) is 0 Å². The van der Waals surface area contributed by atoms with Crippen LogP contribution in [0, 0.1) is 28.1 Å². The number of hydrogen-bond acceptors (Lipinski definition) is 0. The first-order valence-corrected chi connectivity index (χ1v) is 9.88. The summed E-state index contributed by atoms with van der Waals surface area (Å²) in [5.74, 6) is 1.51. The summed E-state index contributed by atoms with van der Waals surface area (Å²) in [6.45, 7) is 25.3. The van der Waals surface area contributed by atoms with E-state index in [0.29, 0.717) is 22.2 Å². The van der Waals surface area contributed by atoms with Crippen LogP contribution < -0.4 is 0 Å². The molecule has 2 aliphatic rings. The summed E-state index contributed by atoms with van der Waals surface area (Å²) < 4.78 is 0. The Bertz CT molecular complexity index is 449. The van der Waals surface area contributed by atoms with Gasteiger partial charge in [-0.15, -0.1) is 0 Å². The molecule has 2 fully saturated rings.